The molecule has 0 aliphatic heterocycles. The van der Waals surface area contributed by atoms with Crippen molar-refractivity contribution in [3.8, 4) is 0 Å². The van der Waals surface area contributed by atoms with Crippen LogP contribution in [0.15, 0.2) is 36.5 Å². The molecule has 0 saturated carbocycles. The number of hydrogen-bond acceptors (Lipinski definition) is 7. The molecule has 0 fully saturated rings. The van der Waals surface area contributed by atoms with E-state index in [4.69, 9.17) is 14.2 Å². The third-order valence-corrected chi connectivity index (χ3v) is 9.53. The van der Waals surface area contributed by atoms with Crippen molar-refractivity contribution in [3.63, 3.8) is 0 Å². The molecule has 0 spiro atoms. The summed E-state index contributed by atoms with van der Waals surface area (Å²) in [6.45, 7) is 4.58. The fourth-order valence-electron chi connectivity index (χ4n) is 6.14. The van der Waals surface area contributed by atoms with E-state index in [0.717, 1.165) is 57.8 Å². The smallest absolute Gasteiger partial charge is 0.306 e. The number of hydrogen-bond donors (Lipinski definition) is 0. The molecular formula is C45H81NO7. The van der Waals surface area contributed by atoms with E-state index in [1.54, 1.807) is 21.1 Å². The van der Waals surface area contributed by atoms with Gasteiger partial charge < -0.3 is 28.6 Å². The zero-order valence-corrected chi connectivity index (χ0v) is 34.9. The summed E-state index contributed by atoms with van der Waals surface area (Å²) in [6.07, 6.45) is 40.4. The average Bonchev–Trinajstić information content (AvgIpc) is 3.11. The van der Waals surface area contributed by atoms with Crippen LogP contribution in [0.3, 0.4) is 0 Å². The van der Waals surface area contributed by atoms with Crippen molar-refractivity contribution in [3.05, 3.63) is 36.5 Å². The SMILES string of the molecule is CCCCC/C=C/C/C=C/C/C=C/CCCCCCCCCCCC(=O)OC(COCCC(C(=O)[O-])[N+](C)(C)C)COC(=O)CCCCCCCCC. The van der Waals surface area contributed by atoms with Gasteiger partial charge in [0.2, 0.25) is 0 Å². The second kappa shape index (κ2) is 36.5. The average molecular weight is 748 g/mol. The third-order valence-electron chi connectivity index (χ3n) is 9.53. The molecular weight excluding hydrogens is 666 g/mol. The first kappa shape index (κ1) is 50.5. The molecule has 0 bridgehead atoms. The Morgan fingerprint density at radius 2 is 1.00 bits per heavy atom. The Bertz CT molecular complexity index is 968. The van der Waals surface area contributed by atoms with Crippen molar-refractivity contribution in [2.45, 2.75) is 193 Å². The van der Waals surface area contributed by atoms with Crippen molar-refractivity contribution in [1.82, 2.24) is 0 Å². The standard InChI is InChI=1S/C45H81NO7/c1-6-8-10-12-14-15-16-17-18-19-20-21-22-23-24-25-26-27-28-30-32-34-36-44(48)53-41(39-51-38-37-42(45(49)50)46(3,4)5)40-52-43(47)35-33-31-29-13-11-9-7-2/h14-15,17-18,20-21,41-42H,6-13,16,19,22-40H2,1-5H3/b15-14+,18-17+,21-20+. The summed E-state index contributed by atoms with van der Waals surface area (Å²) in [5.74, 6) is -1.75. The summed E-state index contributed by atoms with van der Waals surface area (Å²) in [4.78, 5) is 36.6. The van der Waals surface area contributed by atoms with E-state index in [1.165, 1.54) is 89.9 Å². The molecule has 0 aromatic rings. The number of carbonyl (C=O) groups excluding carboxylic acids is 3. The van der Waals surface area contributed by atoms with Crippen molar-refractivity contribution >= 4 is 17.9 Å². The molecule has 0 aromatic carbocycles. The minimum atomic E-state index is -1.13. The molecule has 0 aromatic heterocycles. The van der Waals surface area contributed by atoms with E-state index in [2.05, 4.69) is 50.3 Å². The monoisotopic (exact) mass is 748 g/mol. The van der Waals surface area contributed by atoms with Crippen LogP contribution in [0.2, 0.25) is 0 Å². The fourth-order valence-corrected chi connectivity index (χ4v) is 6.14. The van der Waals surface area contributed by atoms with Gasteiger partial charge in [0.1, 0.15) is 12.6 Å². The molecule has 0 N–H and O–H groups in total. The van der Waals surface area contributed by atoms with Crippen LogP contribution in [0.25, 0.3) is 0 Å². The number of carboxylic acid groups (broad SMARTS) is 1. The number of carboxylic acids is 1. The highest BCUT2D eigenvalue weighted by Crippen LogP contribution is 2.14. The minimum absolute atomic E-state index is 0.0400. The van der Waals surface area contributed by atoms with Crippen molar-refractivity contribution < 1.29 is 38.2 Å². The second-order valence-corrected chi connectivity index (χ2v) is 15.6. The highest BCUT2D eigenvalue weighted by molar-refractivity contribution is 5.70. The van der Waals surface area contributed by atoms with Crippen molar-refractivity contribution in [1.29, 1.82) is 0 Å². The van der Waals surface area contributed by atoms with Crippen LogP contribution in [-0.4, -0.2) is 75.5 Å². The minimum Gasteiger partial charge on any atom is -0.544 e. The number of ether oxygens (including phenoxy) is 3. The predicted octanol–water partition coefficient (Wildman–Crippen LogP) is 10.1. The van der Waals surface area contributed by atoms with Gasteiger partial charge in [-0.3, -0.25) is 9.59 Å². The lowest BCUT2D eigenvalue weighted by atomic mass is 10.1. The van der Waals surface area contributed by atoms with Crippen LogP contribution in [0.5, 0.6) is 0 Å². The van der Waals surface area contributed by atoms with Crippen LogP contribution in [-0.2, 0) is 28.6 Å². The second-order valence-electron chi connectivity index (χ2n) is 15.6. The van der Waals surface area contributed by atoms with Gasteiger partial charge in [0.05, 0.1) is 40.3 Å². The fraction of sp³-hybridized carbons (Fsp3) is 0.800. The largest absolute Gasteiger partial charge is 0.544 e. The molecule has 0 aliphatic rings. The van der Waals surface area contributed by atoms with Gasteiger partial charge in [-0.15, -0.1) is 0 Å². The van der Waals surface area contributed by atoms with Crippen LogP contribution < -0.4 is 5.11 Å². The zero-order chi connectivity index (χ0) is 39.3. The molecule has 0 amide bonds. The number of aliphatic carboxylic acids is 1. The van der Waals surface area contributed by atoms with Crippen LogP contribution >= 0.6 is 0 Å². The number of carbonyl (C=O) groups is 3. The Labute approximate surface area is 325 Å². The van der Waals surface area contributed by atoms with E-state index < -0.39 is 18.1 Å². The lowest BCUT2D eigenvalue weighted by Crippen LogP contribution is -2.55. The Morgan fingerprint density at radius 3 is 1.51 bits per heavy atom. The van der Waals surface area contributed by atoms with Crippen LogP contribution in [0, 0.1) is 0 Å². The summed E-state index contributed by atoms with van der Waals surface area (Å²) in [6, 6.07) is -0.723. The summed E-state index contributed by atoms with van der Waals surface area (Å²) in [7, 11) is 5.40. The van der Waals surface area contributed by atoms with Crippen molar-refractivity contribution in [2.24, 2.45) is 0 Å². The molecule has 0 rings (SSSR count). The maximum atomic E-state index is 12.7. The Balaban J connectivity index is 4.21. The molecule has 2 atom stereocenters. The van der Waals surface area contributed by atoms with Gasteiger partial charge in [-0.25, -0.2) is 0 Å². The molecule has 8 heteroatoms. The summed E-state index contributed by atoms with van der Waals surface area (Å²) >= 11 is 0. The maximum Gasteiger partial charge on any atom is 0.306 e. The molecule has 8 nitrogen and oxygen atoms in total. The van der Waals surface area contributed by atoms with E-state index in [1.807, 2.05) is 0 Å². The Kier molecular flexibility index (Phi) is 34.8. The quantitative estimate of drug-likeness (QED) is 0.0268. The van der Waals surface area contributed by atoms with Crippen molar-refractivity contribution in [2.75, 3.05) is 41.0 Å². The maximum absolute atomic E-state index is 12.7. The van der Waals surface area contributed by atoms with Gasteiger partial charge in [0.15, 0.2) is 6.10 Å². The number of quaternary nitrogens is 1. The van der Waals surface area contributed by atoms with Gasteiger partial charge in [-0.2, -0.15) is 0 Å². The molecule has 0 aliphatic carbocycles. The van der Waals surface area contributed by atoms with Gasteiger partial charge in [-0.1, -0.05) is 147 Å². The Morgan fingerprint density at radius 1 is 0.566 bits per heavy atom. The first-order chi connectivity index (χ1) is 25.6. The summed E-state index contributed by atoms with van der Waals surface area (Å²) in [5.41, 5.74) is 0. The predicted molar refractivity (Wildman–Crippen MR) is 217 cm³/mol. The molecule has 2 unspecified atom stereocenters. The molecule has 0 saturated heterocycles. The number of nitrogens with zero attached hydrogens (tertiary/aromatic N) is 1. The van der Waals surface area contributed by atoms with Gasteiger partial charge >= 0.3 is 11.9 Å². The first-order valence-electron chi connectivity index (χ1n) is 21.5. The third kappa shape index (κ3) is 35.0. The number of allylic oxidation sites excluding steroid dienone is 6. The molecule has 308 valence electrons. The number of unbranched alkanes of at least 4 members (excludes halogenated alkanes) is 18. The molecule has 0 radical (unpaired) electrons. The van der Waals surface area contributed by atoms with Crippen LogP contribution in [0.4, 0.5) is 0 Å². The normalized spacial score (nSPS) is 13.3. The first-order valence-corrected chi connectivity index (χ1v) is 21.5. The van der Waals surface area contributed by atoms with E-state index in [-0.39, 0.29) is 42.7 Å². The molecule has 0 heterocycles. The van der Waals surface area contributed by atoms with E-state index in [9.17, 15) is 19.5 Å². The van der Waals surface area contributed by atoms with Gasteiger partial charge in [0.25, 0.3) is 0 Å². The summed E-state index contributed by atoms with van der Waals surface area (Å²) in [5, 5.41) is 11.6. The number of likely N-dealkylation sites (N-methyl/N-ethyl adjacent to an activating group) is 1. The topological polar surface area (TPSA) is 102 Å². The van der Waals surface area contributed by atoms with E-state index >= 15 is 0 Å². The summed E-state index contributed by atoms with van der Waals surface area (Å²) < 4.78 is 17.1. The van der Waals surface area contributed by atoms with Crippen LogP contribution in [0.1, 0.15) is 181 Å². The number of esters is 2. The highest BCUT2D eigenvalue weighted by Gasteiger charge is 2.25. The van der Waals surface area contributed by atoms with Gasteiger partial charge in [-0.05, 0) is 51.4 Å². The van der Waals surface area contributed by atoms with E-state index in [0.29, 0.717) is 12.8 Å². The number of rotatable bonds is 38. The zero-order valence-electron chi connectivity index (χ0n) is 34.9. The molecule has 53 heavy (non-hydrogen) atoms. The Hall–Kier alpha value is -2.45. The lowest BCUT2D eigenvalue weighted by Gasteiger charge is -2.34. The lowest BCUT2D eigenvalue weighted by molar-refractivity contribution is -0.889. The highest BCUT2D eigenvalue weighted by atomic mass is 16.6. The van der Waals surface area contributed by atoms with Gasteiger partial charge in [0, 0.05) is 19.3 Å².